The number of hydrogen-bond donors (Lipinski definition) is 3. The molecule has 104 valence electrons. The van der Waals surface area contributed by atoms with Gasteiger partial charge in [-0.2, -0.15) is 0 Å². The fraction of sp³-hybridized carbons (Fsp3) is 0.385. The first-order valence-electron chi connectivity index (χ1n) is 5.85. The molecule has 0 radical (unpaired) electrons. The Hall–Kier alpha value is -2.24. The molecule has 2 amide bonds. The highest BCUT2D eigenvalue weighted by Crippen LogP contribution is 2.30. The van der Waals surface area contributed by atoms with Gasteiger partial charge in [-0.1, -0.05) is 12.1 Å². The molecule has 0 spiro atoms. The Labute approximate surface area is 112 Å². The van der Waals surface area contributed by atoms with Crippen LogP contribution in [-0.4, -0.2) is 28.0 Å². The number of nitrogens with two attached hydrogens (primary N) is 2. The first-order chi connectivity index (χ1) is 8.67. The monoisotopic (exact) mass is 265 g/mol. The van der Waals surface area contributed by atoms with Gasteiger partial charge in [0.05, 0.1) is 5.54 Å². The molecular weight excluding hydrogens is 246 g/mol. The van der Waals surface area contributed by atoms with Crippen LogP contribution in [0.4, 0.5) is 10.5 Å². The molecule has 0 aliphatic carbocycles. The SMILES string of the molecule is CC(C(=O)O)N(C(N)=O)C(C)(C)c1ccc(N)cc1. The highest BCUT2D eigenvalue weighted by Gasteiger charge is 2.37. The van der Waals surface area contributed by atoms with Gasteiger partial charge in [-0.25, -0.2) is 9.59 Å². The second-order valence-corrected chi connectivity index (χ2v) is 4.90. The van der Waals surface area contributed by atoms with E-state index in [0.29, 0.717) is 5.69 Å². The molecule has 0 saturated heterocycles. The summed E-state index contributed by atoms with van der Waals surface area (Å²) in [7, 11) is 0. The van der Waals surface area contributed by atoms with E-state index < -0.39 is 23.6 Å². The Bertz CT molecular complexity index is 482. The summed E-state index contributed by atoms with van der Waals surface area (Å²) in [6, 6.07) is 5.09. The van der Waals surface area contributed by atoms with Crippen LogP contribution in [0.15, 0.2) is 24.3 Å². The summed E-state index contributed by atoms with van der Waals surface area (Å²) in [5, 5.41) is 9.09. The molecule has 1 aromatic carbocycles. The molecule has 0 aromatic heterocycles. The van der Waals surface area contributed by atoms with Gasteiger partial charge in [-0.05, 0) is 38.5 Å². The number of aliphatic carboxylic acids is 1. The molecule has 0 heterocycles. The van der Waals surface area contributed by atoms with Gasteiger partial charge in [0.1, 0.15) is 6.04 Å². The summed E-state index contributed by atoms with van der Waals surface area (Å²) < 4.78 is 0. The van der Waals surface area contributed by atoms with Gasteiger partial charge < -0.3 is 21.5 Å². The first kappa shape index (κ1) is 14.8. The quantitative estimate of drug-likeness (QED) is 0.714. The summed E-state index contributed by atoms with van der Waals surface area (Å²) in [6.07, 6.45) is 0. The lowest BCUT2D eigenvalue weighted by molar-refractivity contribution is -0.143. The van der Waals surface area contributed by atoms with Crippen molar-refractivity contribution in [1.29, 1.82) is 0 Å². The number of nitrogens with zero attached hydrogens (tertiary/aromatic N) is 1. The van der Waals surface area contributed by atoms with Crippen LogP contribution in [0.5, 0.6) is 0 Å². The third-order valence-electron chi connectivity index (χ3n) is 3.20. The number of urea groups is 1. The van der Waals surface area contributed by atoms with Gasteiger partial charge in [0.2, 0.25) is 0 Å². The number of hydrogen-bond acceptors (Lipinski definition) is 3. The lowest BCUT2D eigenvalue weighted by Crippen LogP contribution is -2.55. The fourth-order valence-electron chi connectivity index (χ4n) is 2.09. The van der Waals surface area contributed by atoms with Gasteiger partial charge in [0, 0.05) is 5.69 Å². The number of anilines is 1. The van der Waals surface area contributed by atoms with Crippen molar-refractivity contribution in [2.24, 2.45) is 5.73 Å². The number of rotatable bonds is 4. The molecule has 19 heavy (non-hydrogen) atoms. The third-order valence-corrected chi connectivity index (χ3v) is 3.20. The molecule has 1 rings (SSSR count). The van der Waals surface area contributed by atoms with Crippen molar-refractivity contribution in [3.63, 3.8) is 0 Å². The molecular formula is C13H19N3O3. The van der Waals surface area contributed by atoms with Crippen molar-refractivity contribution in [1.82, 2.24) is 4.90 Å². The molecule has 1 unspecified atom stereocenters. The minimum atomic E-state index is -1.11. The van der Waals surface area contributed by atoms with E-state index in [9.17, 15) is 9.59 Å². The van der Waals surface area contributed by atoms with E-state index >= 15 is 0 Å². The maximum atomic E-state index is 11.6. The van der Waals surface area contributed by atoms with E-state index in [4.69, 9.17) is 16.6 Å². The maximum absolute atomic E-state index is 11.6. The minimum Gasteiger partial charge on any atom is -0.480 e. The molecule has 6 nitrogen and oxygen atoms in total. The maximum Gasteiger partial charge on any atom is 0.326 e. The van der Waals surface area contributed by atoms with Crippen LogP contribution in [0.3, 0.4) is 0 Å². The van der Waals surface area contributed by atoms with Crippen molar-refractivity contribution in [2.75, 3.05) is 5.73 Å². The largest absolute Gasteiger partial charge is 0.480 e. The van der Waals surface area contributed by atoms with Crippen molar-refractivity contribution in [2.45, 2.75) is 32.4 Å². The third kappa shape index (κ3) is 2.96. The van der Waals surface area contributed by atoms with Crippen LogP contribution in [0.25, 0.3) is 0 Å². The summed E-state index contributed by atoms with van der Waals surface area (Å²) in [4.78, 5) is 23.8. The Morgan fingerprint density at radius 3 is 2.11 bits per heavy atom. The van der Waals surface area contributed by atoms with Crippen molar-refractivity contribution in [3.05, 3.63) is 29.8 Å². The standard InChI is InChI=1S/C13H19N3O3/c1-8(11(17)18)16(12(15)19)13(2,3)9-4-6-10(14)7-5-9/h4-8H,14H2,1-3H3,(H2,15,19)(H,17,18). The average Bonchev–Trinajstić information content (AvgIpc) is 2.28. The second-order valence-electron chi connectivity index (χ2n) is 4.90. The molecule has 5 N–H and O–H groups in total. The number of amides is 2. The molecule has 6 heteroatoms. The van der Waals surface area contributed by atoms with Crippen LogP contribution in [0, 0.1) is 0 Å². The lowest BCUT2D eigenvalue weighted by atomic mass is 9.91. The average molecular weight is 265 g/mol. The Kier molecular flexibility index (Phi) is 4.04. The molecule has 0 bridgehead atoms. The van der Waals surface area contributed by atoms with E-state index in [1.807, 2.05) is 0 Å². The number of carboxylic acids is 1. The van der Waals surface area contributed by atoms with Gasteiger partial charge in [-0.3, -0.25) is 0 Å². The number of carbonyl (C=O) groups is 2. The summed E-state index contributed by atoms with van der Waals surface area (Å²) in [5.74, 6) is -1.11. The molecule has 0 aliphatic rings. The zero-order valence-corrected chi connectivity index (χ0v) is 11.3. The predicted molar refractivity (Wildman–Crippen MR) is 72.4 cm³/mol. The van der Waals surface area contributed by atoms with Gasteiger partial charge in [-0.15, -0.1) is 0 Å². The summed E-state index contributed by atoms with van der Waals surface area (Å²) in [6.45, 7) is 4.90. The van der Waals surface area contributed by atoms with E-state index in [-0.39, 0.29) is 0 Å². The zero-order valence-electron chi connectivity index (χ0n) is 11.3. The van der Waals surface area contributed by atoms with E-state index in [1.54, 1.807) is 38.1 Å². The zero-order chi connectivity index (χ0) is 14.8. The van der Waals surface area contributed by atoms with Crippen LogP contribution in [-0.2, 0) is 10.3 Å². The molecule has 1 atom stereocenters. The highest BCUT2D eigenvalue weighted by atomic mass is 16.4. The van der Waals surface area contributed by atoms with Gasteiger partial charge in [0.15, 0.2) is 0 Å². The summed E-state index contributed by atoms with van der Waals surface area (Å²) >= 11 is 0. The normalized spacial score (nSPS) is 12.8. The van der Waals surface area contributed by atoms with Crippen LogP contribution in [0.2, 0.25) is 0 Å². The van der Waals surface area contributed by atoms with Gasteiger partial charge in [0.25, 0.3) is 0 Å². The molecule has 0 aliphatic heterocycles. The van der Waals surface area contributed by atoms with Gasteiger partial charge >= 0.3 is 12.0 Å². The summed E-state index contributed by atoms with van der Waals surface area (Å²) in [5.41, 5.74) is 11.4. The van der Waals surface area contributed by atoms with Crippen LogP contribution < -0.4 is 11.5 Å². The Morgan fingerprint density at radius 1 is 1.26 bits per heavy atom. The predicted octanol–water partition coefficient (Wildman–Crippen LogP) is 1.36. The molecule has 0 saturated carbocycles. The topological polar surface area (TPSA) is 110 Å². The fourth-order valence-corrected chi connectivity index (χ4v) is 2.09. The number of carbonyl (C=O) groups excluding carboxylic acids is 1. The van der Waals surface area contributed by atoms with Crippen molar-refractivity contribution < 1.29 is 14.7 Å². The number of carboxylic acid groups (broad SMARTS) is 1. The number of nitrogen functional groups attached to an aromatic ring is 1. The van der Waals surface area contributed by atoms with E-state index in [0.717, 1.165) is 10.5 Å². The number of primary amides is 1. The van der Waals surface area contributed by atoms with Crippen molar-refractivity contribution in [3.8, 4) is 0 Å². The molecule has 1 aromatic rings. The smallest absolute Gasteiger partial charge is 0.326 e. The number of benzene rings is 1. The van der Waals surface area contributed by atoms with Crippen LogP contribution in [0.1, 0.15) is 26.3 Å². The van der Waals surface area contributed by atoms with Crippen LogP contribution >= 0.6 is 0 Å². The highest BCUT2D eigenvalue weighted by molar-refractivity contribution is 5.82. The lowest BCUT2D eigenvalue weighted by Gasteiger charge is -2.40. The molecule has 0 fully saturated rings. The Balaban J connectivity index is 3.23. The van der Waals surface area contributed by atoms with E-state index in [1.165, 1.54) is 6.92 Å². The van der Waals surface area contributed by atoms with Crippen molar-refractivity contribution >= 4 is 17.7 Å². The first-order valence-corrected chi connectivity index (χ1v) is 5.85. The Morgan fingerprint density at radius 2 is 1.74 bits per heavy atom. The van der Waals surface area contributed by atoms with E-state index in [2.05, 4.69) is 0 Å². The second kappa shape index (κ2) is 5.17. The minimum absolute atomic E-state index is 0.594.